The summed E-state index contributed by atoms with van der Waals surface area (Å²) >= 11 is 0. The van der Waals surface area contributed by atoms with Gasteiger partial charge in [0.1, 0.15) is 12.4 Å². The highest BCUT2D eigenvalue weighted by atomic mass is 16.5. The van der Waals surface area contributed by atoms with Crippen LogP contribution in [0.25, 0.3) is 0 Å². The Morgan fingerprint density at radius 2 is 1.96 bits per heavy atom. The highest BCUT2D eigenvalue weighted by molar-refractivity contribution is 5.94. The third-order valence-corrected chi connectivity index (χ3v) is 3.88. The maximum Gasteiger partial charge on any atom is 0.251 e. The van der Waals surface area contributed by atoms with E-state index in [1.54, 1.807) is 12.5 Å². The van der Waals surface area contributed by atoms with Gasteiger partial charge in [0, 0.05) is 24.5 Å². The first kappa shape index (κ1) is 16.8. The SMILES string of the molecule is Cc1ccccc1OCCNC(=O)c1ccc(Cn2ccnc2)cc1. The van der Waals surface area contributed by atoms with Crippen LogP contribution in [-0.4, -0.2) is 28.6 Å². The minimum atomic E-state index is -0.0948. The van der Waals surface area contributed by atoms with Crippen molar-refractivity contribution in [3.63, 3.8) is 0 Å². The molecule has 1 amide bonds. The Balaban J connectivity index is 1.45. The summed E-state index contributed by atoms with van der Waals surface area (Å²) in [5.41, 5.74) is 2.85. The minimum Gasteiger partial charge on any atom is -0.491 e. The molecule has 2 aromatic carbocycles. The predicted molar refractivity (Wildman–Crippen MR) is 96.8 cm³/mol. The lowest BCUT2D eigenvalue weighted by Crippen LogP contribution is -2.28. The van der Waals surface area contributed by atoms with E-state index in [1.807, 2.05) is 66.2 Å². The van der Waals surface area contributed by atoms with E-state index >= 15 is 0 Å². The van der Waals surface area contributed by atoms with E-state index < -0.39 is 0 Å². The topological polar surface area (TPSA) is 56.1 Å². The summed E-state index contributed by atoms with van der Waals surface area (Å²) in [5.74, 6) is 0.753. The molecule has 0 atom stereocenters. The number of hydrogen-bond acceptors (Lipinski definition) is 3. The summed E-state index contributed by atoms with van der Waals surface area (Å²) in [7, 11) is 0. The van der Waals surface area contributed by atoms with E-state index in [4.69, 9.17) is 4.74 Å². The maximum absolute atomic E-state index is 12.2. The van der Waals surface area contributed by atoms with Gasteiger partial charge in [-0.05, 0) is 36.2 Å². The van der Waals surface area contributed by atoms with Gasteiger partial charge >= 0.3 is 0 Å². The molecule has 0 spiro atoms. The van der Waals surface area contributed by atoms with E-state index in [1.165, 1.54) is 0 Å². The van der Waals surface area contributed by atoms with Gasteiger partial charge in [0.15, 0.2) is 0 Å². The fourth-order valence-electron chi connectivity index (χ4n) is 2.50. The summed E-state index contributed by atoms with van der Waals surface area (Å²) in [5, 5.41) is 2.87. The molecule has 128 valence electrons. The number of nitrogens with one attached hydrogen (secondary N) is 1. The largest absolute Gasteiger partial charge is 0.491 e. The van der Waals surface area contributed by atoms with Gasteiger partial charge in [-0.15, -0.1) is 0 Å². The number of imidazole rings is 1. The molecular formula is C20H21N3O2. The van der Waals surface area contributed by atoms with Crippen molar-refractivity contribution in [1.82, 2.24) is 14.9 Å². The highest BCUT2D eigenvalue weighted by Gasteiger charge is 2.05. The zero-order chi connectivity index (χ0) is 17.5. The van der Waals surface area contributed by atoms with Crippen molar-refractivity contribution in [1.29, 1.82) is 0 Å². The molecule has 5 nitrogen and oxygen atoms in total. The molecule has 0 aliphatic heterocycles. The summed E-state index contributed by atoms with van der Waals surface area (Å²) in [6, 6.07) is 15.4. The number of carbonyl (C=O) groups excluding carboxylic acids is 1. The van der Waals surface area contributed by atoms with Gasteiger partial charge in [-0.3, -0.25) is 4.79 Å². The van der Waals surface area contributed by atoms with Crippen LogP contribution in [-0.2, 0) is 6.54 Å². The number of aryl methyl sites for hydroxylation is 1. The van der Waals surface area contributed by atoms with Crippen molar-refractivity contribution in [2.75, 3.05) is 13.2 Å². The van der Waals surface area contributed by atoms with Crippen LogP contribution in [0.4, 0.5) is 0 Å². The van der Waals surface area contributed by atoms with Crippen molar-refractivity contribution >= 4 is 5.91 Å². The normalized spacial score (nSPS) is 10.4. The van der Waals surface area contributed by atoms with E-state index in [9.17, 15) is 4.79 Å². The van der Waals surface area contributed by atoms with Gasteiger partial charge in [-0.2, -0.15) is 0 Å². The lowest BCUT2D eigenvalue weighted by Gasteiger charge is -2.10. The van der Waals surface area contributed by atoms with E-state index in [0.29, 0.717) is 18.7 Å². The summed E-state index contributed by atoms with van der Waals surface area (Å²) in [4.78, 5) is 16.2. The van der Waals surface area contributed by atoms with Gasteiger partial charge < -0.3 is 14.6 Å². The molecule has 0 bridgehead atoms. The number of ether oxygens (including phenoxy) is 1. The molecule has 3 aromatic rings. The first-order chi connectivity index (χ1) is 12.2. The van der Waals surface area contributed by atoms with Gasteiger partial charge in [0.2, 0.25) is 0 Å². The fourth-order valence-corrected chi connectivity index (χ4v) is 2.50. The van der Waals surface area contributed by atoms with Gasteiger partial charge in [0.25, 0.3) is 5.91 Å². The third kappa shape index (κ3) is 4.70. The Labute approximate surface area is 147 Å². The van der Waals surface area contributed by atoms with Crippen molar-refractivity contribution in [2.24, 2.45) is 0 Å². The predicted octanol–water partition coefficient (Wildman–Crippen LogP) is 3.05. The van der Waals surface area contributed by atoms with Crippen molar-refractivity contribution in [3.05, 3.63) is 83.9 Å². The Kier molecular flexibility index (Phi) is 5.46. The molecule has 5 heteroatoms. The van der Waals surface area contributed by atoms with Crippen LogP contribution < -0.4 is 10.1 Å². The van der Waals surface area contributed by atoms with Crippen LogP contribution >= 0.6 is 0 Å². The quantitative estimate of drug-likeness (QED) is 0.675. The van der Waals surface area contributed by atoms with Crippen LogP contribution in [0.3, 0.4) is 0 Å². The van der Waals surface area contributed by atoms with Gasteiger partial charge in [-0.25, -0.2) is 4.98 Å². The van der Waals surface area contributed by atoms with Crippen LogP contribution in [0, 0.1) is 6.92 Å². The Hall–Kier alpha value is -3.08. The first-order valence-corrected chi connectivity index (χ1v) is 8.24. The highest BCUT2D eigenvalue weighted by Crippen LogP contribution is 2.15. The Bertz CT molecular complexity index is 811. The van der Waals surface area contributed by atoms with Crippen molar-refractivity contribution in [2.45, 2.75) is 13.5 Å². The number of rotatable bonds is 7. The molecular weight excluding hydrogens is 314 g/mol. The molecule has 0 saturated carbocycles. The van der Waals surface area contributed by atoms with Crippen LogP contribution in [0.2, 0.25) is 0 Å². The smallest absolute Gasteiger partial charge is 0.251 e. The van der Waals surface area contributed by atoms with E-state index in [2.05, 4.69) is 10.3 Å². The molecule has 0 aliphatic rings. The summed E-state index contributed by atoms with van der Waals surface area (Å²) in [6.45, 7) is 3.64. The molecule has 0 radical (unpaired) electrons. The van der Waals surface area contributed by atoms with Crippen LogP contribution in [0.1, 0.15) is 21.5 Å². The number of nitrogens with zero attached hydrogens (tertiary/aromatic N) is 2. The molecule has 1 N–H and O–H groups in total. The summed E-state index contributed by atoms with van der Waals surface area (Å²) in [6.07, 6.45) is 5.44. The second kappa shape index (κ2) is 8.15. The molecule has 0 saturated heterocycles. The van der Waals surface area contributed by atoms with Gasteiger partial charge in [0.05, 0.1) is 12.9 Å². The second-order valence-electron chi connectivity index (χ2n) is 5.80. The molecule has 1 aromatic heterocycles. The average molecular weight is 335 g/mol. The van der Waals surface area contributed by atoms with Gasteiger partial charge in [-0.1, -0.05) is 30.3 Å². The Morgan fingerprint density at radius 3 is 2.68 bits per heavy atom. The number of benzene rings is 2. The number of amides is 1. The average Bonchev–Trinajstić information content (AvgIpc) is 3.13. The maximum atomic E-state index is 12.2. The first-order valence-electron chi connectivity index (χ1n) is 8.24. The molecule has 0 aliphatic carbocycles. The van der Waals surface area contributed by atoms with E-state index in [0.717, 1.165) is 23.4 Å². The number of para-hydroxylation sites is 1. The Morgan fingerprint density at radius 1 is 1.16 bits per heavy atom. The monoisotopic (exact) mass is 335 g/mol. The number of hydrogen-bond donors (Lipinski definition) is 1. The zero-order valence-corrected chi connectivity index (χ0v) is 14.2. The fraction of sp³-hybridized carbons (Fsp3) is 0.200. The molecule has 1 heterocycles. The van der Waals surface area contributed by atoms with Crippen LogP contribution in [0.15, 0.2) is 67.3 Å². The van der Waals surface area contributed by atoms with E-state index in [-0.39, 0.29) is 5.91 Å². The minimum absolute atomic E-state index is 0.0948. The molecule has 0 fully saturated rings. The summed E-state index contributed by atoms with van der Waals surface area (Å²) < 4.78 is 7.66. The van der Waals surface area contributed by atoms with Crippen molar-refractivity contribution < 1.29 is 9.53 Å². The van der Waals surface area contributed by atoms with Crippen molar-refractivity contribution in [3.8, 4) is 5.75 Å². The standard InChI is InChI=1S/C20H21N3O2/c1-16-4-2-3-5-19(16)25-13-11-22-20(24)18-8-6-17(7-9-18)14-23-12-10-21-15-23/h2-10,12,15H,11,13-14H2,1H3,(H,22,24). The lowest BCUT2D eigenvalue weighted by atomic mass is 10.1. The molecule has 25 heavy (non-hydrogen) atoms. The second-order valence-corrected chi connectivity index (χ2v) is 5.80. The zero-order valence-electron chi connectivity index (χ0n) is 14.2. The van der Waals surface area contributed by atoms with Crippen LogP contribution in [0.5, 0.6) is 5.75 Å². The number of carbonyl (C=O) groups is 1. The molecule has 3 rings (SSSR count). The molecule has 0 unspecified atom stereocenters. The third-order valence-electron chi connectivity index (χ3n) is 3.88. The lowest BCUT2D eigenvalue weighted by molar-refractivity contribution is 0.0947. The number of aromatic nitrogens is 2.